The fourth-order valence-corrected chi connectivity index (χ4v) is 1.53. The summed E-state index contributed by atoms with van der Waals surface area (Å²) in [6.07, 6.45) is 1.88. The van der Waals surface area contributed by atoms with Crippen molar-refractivity contribution >= 4 is 5.69 Å². The summed E-state index contributed by atoms with van der Waals surface area (Å²) in [4.78, 5) is 0. The van der Waals surface area contributed by atoms with Crippen molar-refractivity contribution in [2.75, 3.05) is 11.9 Å². The number of anilines is 1. The summed E-state index contributed by atoms with van der Waals surface area (Å²) in [5.74, 6) is -2.31. The van der Waals surface area contributed by atoms with E-state index < -0.39 is 17.5 Å². The van der Waals surface area contributed by atoms with Gasteiger partial charge in [-0.25, -0.2) is 13.2 Å². The molecule has 0 bridgehead atoms. The lowest BCUT2D eigenvalue weighted by atomic mass is 10.0. The van der Waals surface area contributed by atoms with E-state index in [9.17, 15) is 13.2 Å². The molecule has 16 heavy (non-hydrogen) atoms. The van der Waals surface area contributed by atoms with Crippen molar-refractivity contribution in [3.8, 4) is 0 Å². The molecule has 0 amide bonds. The lowest BCUT2D eigenvalue weighted by Gasteiger charge is -2.15. The number of hydrogen-bond donors (Lipinski definition) is 1. The van der Waals surface area contributed by atoms with Gasteiger partial charge in [-0.2, -0.15) is 0 Å². The van der Waals surface area contributed by atoms with Crippen molar-refractivity contribution in [2.45, 2.75) is 26.7 Å². The van der Waals surface area contributed by atoms with Crippen LogP contribution in [0.15, 0.2) is 12.1 Å². The number of hydrogen-bond acceptors (Lipinski definition) is 1. The summed E-state index contributed by atoms with van der Waals surface area (Å²) in [6, 6.07) is 1.36. The summed E-state index contributed by atoms with van der Waals surface area (Å²) in [6.45, 7) is 4.53. The average Bonchev–Trinajstić information content (AvgIpc) is 2.22. The lowest BCUT2D eigenvalue weighted by Crippen LogP contribution is -2.14. The Morgan fingerprint density at radius 1 is 1.06 bits per heavy atom. The lowest BCUT2D eigenvalue weighted by molar-refractivity contribution is 0.509. The Labute approximate surface area is 93.7 Å². The molecule has 0 atom stereocenters. The molecule has 0 radical (unpaired) electrons. The van der Waals surface area contributed by atoms with Crippen molar-refractivity contribution in [2.24, 2.45) is 5.92 Å². The highest BCUT2D eigenvalue weighted by Gasteiger charge is 2.12. The van der Waals surface area contributed by atoms with Crippen molar-refractivity contribution in [1.29, 1.82) is 0 Å². The number of rotatable bonds is 5. The summed E-state index contributed by atoms with van der Waals surface area (Å²) < 4.78 is 39.1. The molecule has 90 valence electrons. The van der Waals surface area contributed by atoms with E-state index in [1.54, 1.807) is 0 Å². The molecular weight excluding hydrogens is 215 g/mol. The van der Waals surface area contributed by atoms with Crippen LogP contribution in [-0.2, 0) is 0 Å². The molecule has 4 heteroatoms. The molecule has 1 N–H and O–H groups in total. The Bertz CT molecular complexity index is 325. The Morgan fingerprint density at radius 2 is 1.56 bits per heavy atom. The molecule has 0 spiro atoms. The molecule has 0 unspecified atom stereocenters. The molecule has 0 saturated heterocycles. The third-order valence-electron chi connectivity index (χ3n) is 2.73. The van der Waals surface area contributed by atoms with Crippen molar-refractivity contribution < 1.29 is 13.2 Å². The maximum Gasteiger partial charge on any atom is 0.152 e. The van der Waals surface area contributed by atoms with Crippen molar-refractivity contribution in [3.05, 3.63) is 29.6 Å². The highest BCUT2D eigenvalue weighted by molar-refractivity contribution is 5.46. The molecule has 1 aromatic carbocycles. The maximum atomic E-state index is 13.2. The van der Waals surface area contributed by atoms with Crippen LogP contribution in [0.3, 0.4) is 0 Å². The Kier molecular flexibility index (Phi) is 4.65. The second kappa shape index (κ2) is 5.77. The van der Waals surface area contributed by atoms with Crippen LogP contribution in [0.2, 0.25) is 0 Å². The zero-order valence-corrected chi connectivity index (χ0v) is 9.49. The molecule has 1 nitrogen and oxygen atoms in total. The fourth-order valence-electron chi connectivity index (χ4n) is 1.53. The first-order valence-electron chi connectivity index (χ1n) is 5.46. The van der Waals surface area contributed by atoms with Gasteiger partial charge < -0.3 is 5.32 Å². The van der Waals surface area contributed by atoms with E-state index in [4.69, 9.17) is 0 Å². The molecule has 1 rings (SSSR count). The van der Waals surface area contributed by atoms with Gasteiger partial charge in [-0.1, -0.05) is 26.7 Å². The van der Waals surface area contributed by atoms with Gasteiger partial charge in [0, 0.05) is 18.7 Å². The summed E-state index contributed by atoms with van der Waals surface area (Å²) in [7, 11) is 0. The standard InChI is InChI=1S/C12H16F3N/c1-3-8(4-2)7-16-12-10(14)5-9(13)6-11(12)15/h5-6,8,16H,3-4,7H2,1-2H3. The van der Waals surface area contributed by atoms with E-state index in [0.29, 0.717) is 24.6 Å². The minimum absolute atomic E-state index is 0.242. The van der Waals surface area contributed by atoms with Gasteiger partial charge in [-0.15, -0.1) is 0 Å². The van der Waals surface area contributed by atoms with Gasteiger partial charge in [0.1, 0.15) is 11.5 Å². The molecule has 0 aliphatic carbocycles. The van der Waals surface area contributed by atoms with Crippen LogP contribution in [0.4, 0.5) is 18.9 Å². The molecule has 1 aromatic rings. The van der Waals surface area contributed by atoms with E-state index in [2.05, 4.69) is 5.32 Å². The van der Waals surface area contributed by atoms with E-state index in [-0.39, 0.29) is 5.69 Å². The van der Waals surface area contributed by atoms with Gasteiger partial charge in [0.15, 0.2) is 11.6 Å². The van der Waals surface area contributed by atoms with Crippen molar-refractivity contribution in [3.63, 3.8) is 0 Å². The second-order valence-corrected chi connectivity index (χ2v) is 3.81. The van der Waals surface area contributed by atoms with E-state index in [0.717, 1.165) is 12.8 Å². The molecule has 0 fully saturated rings. The van der Waals surface area contributed by atoms with E-state index in [1.807, 2.05) is 13.8 Å². The first kappa shape index (κ1) is 12.9. The SMILES string of the molecule is CCC(CC)CNc1c(F)cc(F)cc1F. The zero-order chi connectivity index (χ0) is 12.1. The Morgan fingerprint density at radius 3 is 2.00 bits per heavy atom. The molecule has 0 aliphatic rings. The normalized spacial score (nSPS) is 10.9. The predicted molar refractivity (Wildman–Crippen MR) is 58.9 cm³/mol. The number of benzene rings is 1. The minimum atomic E-state index is -0.900. The van der Waals surface area contributed by atoms with Crippen LogP contribution >= 0.6 is 0 Å². The third kappa shape index (κ3) is 3.15. The van der Waals surface area contributed by atoms with Gasteiger partial charge in [0.2, 0.25) is 0 Å². The van der Waals surface area contributed by atoms with Crippen LogP contribution in [-0.4, -0.2) is 6.54 Å². The summed E-state index contributed by atoms with van der Waals surface area (Å²) in [5.41, 5.74) is -0.242. The Balaban J connectivity index is 2.74. The van der Waals surface area contributed by atoms with Gasteiger partial charge >= 0.3 is 0 Å². The highest BCUT2D eigenvalue weighted by atomic mass is 19.1. The number of halogens is 3. The molecule has 0 aromatic heterocycles. The highest BCUT2D eigenvalue weighted by Crippen LogP contribution is 2.21. The monoisotopic (exact) mass is 231 g/mol. The molecule has 0 aliphatic heterocycles. The molecular formula is C12H16F3N. The van der Waals surface area contributed by atoms with Gasteiger partial charge in [-0.05, 0) is 5.92 Å². The van der Waals surface area contributed by atoms with Crippen LogP contribution in [0.5, 0.6) is 0 Å². The van der Waals surface area contributed by atoms with Gasteiger partial charge in [-0.3, -0.25) is 0 Å². The number of nitrogens with one attached hydrogen (secondary N) is 1. The predicted octanol–water partition coefficient (Wildman–Crippen LogP) is 3.95. The second-order valence-electron chi connectivity index (χ2n) is 3.81. The van der Waals surface area contributed by atoms with Crippen LogP contribution in [0.1, 0.15) is 26.7 Å². The van der Waals surface area contributed by atoms with E-state index >= 15 is 0 Å². The topological polar surface area (TPSA) is 12.0 Å². The largest absolute Gasteiger partial charge is 0.380 e. The average molecular weight is 231 g/mol. The zero-order valence-electron chi connectivity index (χ0n) is 9.49. The van der Waals surface area contributed by atoms with Gasteiger partial charge in [0.25, 0.3) is 0 Å². The first-order valence-corrected chi connectivity index (χ1v) is 5.46. The van der Waals surface area contributed by atoms with Crippen LogP contribution < -0.4 is 5.32 Å². The third-order valence-corrected chi connectivity index (χ3v) is 2.73. The minimum Gasteiger partial charge on any atom is -0.380 e. The van der Waals surface area contributed by atoms with Crippen molar-refractivity contribution in [1.82, 2.24) is 0 Å². The molecule has 0 heterocycles. The quantitative estimate of drug-likeness (QED) is 0.809. The van der Waals surface area contributed by atoms with Crippen LogP contribution in [0, 0.1) is 23.4 Å². The van der Waals surface area contributed by atoms with Crippen LogP contribution in [0.25, 0.3) is 0 Å². The van der Waals surface area contributed by atoms with E-state index in [1.165, 1.54) is 0 Å². The fraction of sp³-hybridized carbons (Fsp3) is 0.500. The maximum absolute atomic E-state index is 13.2. The summed E-state index contributed by atoms with van der Waals surface area (Å²) in [5, 5.41) is 2.69. The molecule has 0 saturated carbocycles. The summed E-state index contributed by atoms with van der Waals surface area (Å²) >= 11 is 0. The first-order chi connectivity index (χ1) is 7.58. The smallest absolute Gasteiger partial charge is 0.152 e. The van der Waals surface area contributed by atoms with Gasteiger partial charge in [0.05, 0.1) is 0 Å². The Hall–Kier alpha value is -1.19.